The van der Waals surface area contributed by atoms with Crippen LogP contribution in [0.3, 0.4) is 0 Å². The molecule has 0 bridgehead atoms. The number of rotatable bonds is 5. The Kier molecular flexibility index (Phi) is 5.16. The van der Waals surface area contributed by atoms with Crippen molar-refractivity contribution in [3.63, 3.8) is 0 Å². The molecule has 1 aromatic rings. The van der Waals surface area contributed by atoms with Crippen LogP contribution in [0.5, 0.6) is 0 Å². The summed E-state index contributed by atoms with van der Waals surface area (Å²) in [7, 11) is 2.04. The lowest BCUT2D eigenvalue weighted by molar-refractivity contribution is -0.136. The van der Waals surface area contributed by atoms with Crippen LogP contribution in [0.25, 0.3) is 0 Å². The van der Waals surface area contributed by atoms with Crippen LogP contribution in [0, 0.1) is 0 Å². The van der Waals surface area contributed by atoms with Gasteiger partial charge in [0.2, 0.25) is 0 Å². The van der Waals surface area contributed by atoms with Gasteiger partial charge in [0.15, 0.2) is 0 Å². The first-order valence-corrected chi connectivity index (χ1v) is 7.10. The lowest BCUT2D eigenvalue weighted by Crippen LogP contribution is -2.39. The number of anilines is 1. The lowest BCUT2D eigenvalue weighted by Gasteiger charge is -2.14. The largest absolute Gasteiger partial charge is 0.481 e. The predicted molar refractivity (Wildman–Crippen MR) is 80.5 cm³/mol. The number of carbonyl (C=O) groups excluding carboxylic acids is 1. The molecule has 0 saturated carbocycles. The maximum Gasteiger partial charge on any atom is 0.319 e. The highest BCUT2D eigenvalue weighted by atomic mass is 16.4. The number of aliphatic carboxylic acids is 1. The van der Waals surface area contributed by atoms with Crippen molar-refractivity contribution in [1.82, 2.24) is 10.2 Å². The van der Waals surface area contributed by atoms with Gasteiger partial charge in [-0.15, -0.1) is 0 Å². The number of nitrogens with zero attached hydrogens (tertiary/aromatic N) is 1. The number of aryl methyl sites for hydroxylation is 1. The van der Waals surface area contributed by atoms with E-state index in [1.165, 1.54) is 0 Å². The van der Waals surface area contributed by atoms with Crippen LogP contribution in [0.1, 0.15) is 18.4 Å². The van der Waals surface area contributed by atoms with E-state index in [4.69, 9.17) is 5.11 Å². The quantitative estimate of drug-likeness (QED) is 0.768. The van der Waals surface area contributed by atoms with Crippen molar-refractivity contribution < 1.29 is 14.7 Å². The van der Waals surface area contributed by atoms with E-state index in [-0.39, 0.29) is 18.5 Å². The minimum atomic E-state index is -0.807. The minimum Gasteiger partial charge on any atom is -0.481 e. The number of carboxylic acid groups (broad SMARTS) is 1. The van der Waals surface area contributed by atoms with Crippen LogP contribution in [-0.4, -0.2) is 48.2 Å². The number of amides is 2. The van der Waals surface area contributed by atoms with Crippen LogP contribution in [-0.2, 0) is 11.2 Å². The Balaban J connectivity index is 1.79. The molecule has 1 heterocycles. The first kappa shape index (κ1) is 15.3. The van der Waals surface area contributed by atoms with E-state index >= 15 is 0 Å². The smallest absolute Gasteiger partial charge is 0.319 e. The van der Waals surface area contributed by atoms with Gasteiger partial charge in [-0.05, 0) is 44.1 Å². The van der Waals surface area contributed by atoms with Crippen molar-refractivity contribution in [3.8, 4) is 0 Å². The first-order chi connectivity index (χ1) is 10.0. The number of nitrogens with one attached hydrogen (secondary N) is 2. The zero-order valence-corrected chi connectivity index (χ0v) is 12.1. The van der Waals surface area contributed by atoms with Crippen molar-refractivity contribution in [3.05, 3.63) is 29.8 Å². The summed E-state index contributed by atoms with van der Waals surface area (Å²) in [5.41, 5.74) is 1.65. The van der Waals surface area contributed by atoms with Crippen LogP contribution >= 0.6 is 0 Å². The summed E-state index contributed by atoms with van der Waals surface area (Å²) in [6.07, 6.45) is 1.58. The minimum absolute atomic E-state index is 0.114. The van der Waals surface area contributed by atoms with E-state index in [2.05, 4.69) is 15.5 Å². The van der Waals surface area contributed by atoms with E-state index in [0.29, 0.717) is 12.1 Å². The van der Waals surface area contributed by atoms with Gasteiger partial charge in [-0.1, -0.05) is 12.1 Å². The molecule has 0 spiro atoms. The molecule has 0 radical (unpaired) electrons. The number of hydrogen-bond donors (Lipinski definition) is 3. The molecule has 1 fully saturated rings. The zero-order valence-electron chi connectivity index (χ0n) is 12.1. The van der Waals surface area contributed by atoms with Gasteiger partial charge in [0.1, 0.15) is 0 Å². The molecule has 6 nitrogen and oxygen atoms in total. The maximum atomic E-state index is 11.9. The highest BCUT2D eigenvalue weighted by Crippen LogP contribution is 2.12. The number of carbonyl (C=O) groups is 2. The van der Waals surface area contributed by atoms with E-state index in [1.807, 2.05) is 19.2 Å². The van der Waals surface area contributed by atoms with Gasteiger partial charge in [-0.3, -0.25) is 4.79 Å². The fourth-order valence-corrected chi connectivity index (χ4v) is 2.41. The van der Waals surface area contributed by atoms with Gasteiger partial charge < -0.3 is 20.6 Å². The third-order valence-corrected chi connectivity index (χ3v) is 3.57. The summed E-state index contributed by atoms with van der Waals surface area (Å²) in [5.74, 6) is -0.807. The Labute approximate surface area is 124 Å². The number of urea groups is 1. The average Bonchev–Trinajstić information content (AvgIpc) is 2.83. The first-order valence-electron chi connectivity index (χ1n) is 7.10. The van der Waals surface area contributed by atoms with Gasteiger partial charge in [0, 0.05) is 24.7 Å². The van der Waals surface area contributed by atoms with E-state index in [9.17, 15) is 9.59 Å². The van der Waals surface area contributed by atoms with Crippen molar-refractivity contribution in [2.45, 2.75) is 25.3 Å². The van der Waals surface area contributed by atoms with Gasteiger partial charge in [0.05, 0.1) is 0 Å². The van der Waals surface area contributed by atoms with E-state index in [1.54, 1.807) is 12.1 Å². The number of likely N-dealkylation sites (tertiary alicyclic amines) is 1. The molecule has 0 aromatic heterocycles. The molecule has 1 unspecified atom stereocenters. The second-order valence-corrected chi connectivity index (χ2v) is 5.44. The molecule has 114 valence electrons. The second kappa shape index (κ2) is 7.08. The number of benzene rings is 1. The Morgan fingerprint density at radius 3 is 2.62 bits per heavy atom. The third-order valence-electron chi connectivity index (χ3n) is 3.57. The Bertz CT molecular complexity index is 501. The third kappa shape index (κ3) is 5.07. The standard InChI is InChI=1S/C15H21N3O3/c1-18-9-8-13(10-18)17-15(21)16-12-5-2-11(3-6-12)4-7-14(19)20/h2-3,5-6,13H,4,7-10H2,1H3,(H,19,20)(H2,16,17,21). The molecule has 1 aliphatic heterocycles. The zero-order chi connectivity index (χ0) is 15.2. The molecule has 21 heavy (non-hydrogen) atoms. The molecule has 6 heteroatoms. The average molecular weight is 291 g/mol. The summed E-state index contributed by atoms with van der Waals surface area (Å²) >= 11 is 0. The molecule has 2 rings (SSSR count). The molecular weight excluding hydrogens is 270 g/mol. The highest BCUT2D eigenvalue weighted by molar-refractivity contribution is 5.89. The summed E-state index contributed by atoms with van der Waals surface area (Å²) in [4.78, 5) is 24.5. The summed E-state index contributed by atoms with van der Waals surface area (Å²) in [6.45, 7) is 1.88. The second-order valence-electron chi connectivity index (χ2n) is 5.44. The Hall–Kier alpha value is -2.08. The summed E-state index contributed by atoms with van der Waals surface area (Å²) in [6, 6.07) is 7.25. The van der Waals surface area contributed by atoms with E-state index < -0.39 is 5.97 Å². The highest BCUT2D eigenvalue weighted by Gasteiger charge is 2.20. The Morgan fingerprint density at radius 1 is 1.33 bits per heavy atom. The molecular formula is C15H21N3O3. The number of carboxylic acids is 1. The molecule has 1 saturated heterocycles. The molecule has 1 aliphatic rings. The van der Waals surface area contributed by atoms with Gasteiger partial charge >= 0.3 is 12.0 Å². The number of likely N-dealkylation sites (N-methyl/N-ethyl adjacent to an activating group) is 1. The van der Waals surface area contributed by atoms with Crippen LogP contribution in [0.15, 0.2) is 24.3 Å². The van der Waals surface area contributed by atoms with Crippen molar-refractivity contribution in [1.29, 1.82) is 0 Å². The molecule has 3 N–H and O–H groups in total. The SMILES string of the molecule is CN1CCC(NC(=O)Nc2ccc(CCC(=O)O)cc2)C1. The van der Waals surface area contributed by atoms with Crippen LogP contribution in [0.4, 0.5) is 10.5 Å². The fraction of sp³-hybridized carbons (Fsp3) is 0.467. The summed E-state index contributed by atoms with van der Waals surface area (Å²) in [5, 5.41) is 14.4. The van der Waals surface area contributed by atoms with Gasteiger partial charge in [0.25, 0.3) is 0 Å². The van der Waals surface area contributed by atoms with Gasteiger partial charge in [-0.2, -0.15) is 0 Å². The Morgan fingerprint density at radius 2 is 2.05 bits per heavy atom. The predicted octanol–water partition coefficient (Wildman–Crippen LogP) is 1.53. The van der Waals surface area contributed by atoms with Crippen molar-refractivity contribution >= 4 is 17.7 Å². The summed E-state index contributed by atoms with van der Waals surface area (Å²) < 4.78 is 0. The van der Waals surface area contributed by atoms with Gasteiger partial charge in [-0.25, -0.2) is 4.79 Å². The maximum absolute atomic E-state index is 11.9. The van der Waals surface area contributed by atoms with Crippen molar-refractivity contribution in [2.75, 3.05) is 25.5 Å². The van der Waals surface area contributed by atoms with Crippen LogP contribution in [0.2, 0.25) is 0 Å². The molecule has 1 aromatic carbocycles. The molecule has 2 amide bonds. The molecule has 1 atom stereocenters. The van der Waals surface area contributed by atoms with Crippen LogP contribution < -0.4 is 10.6 Å². The van der Waals surface area contributed by atoms with Crippen molar-refractivity contribution in [2.24, 2.45) is 0 Å². The lowest BCUT2D eigenvalue weighted by atomic mass is 10.1. The molecule has 0 aliphatic carbocycles. The topological polar surface area (TPSA) is 81.7 Å². The monoisotopic (exact) mass is 291 g/mol. The van der Waals surface area contributed by atoms with E-state index in [0.717, 1.165) is 25.1 Å². The normalized spacial score (nSPS) is 18.4. The number of hydrogen-bond acceptors (Lipinski definition) is 3. The fourth-order valence-electron chi connectivity index (χ4n) is 2.41.